The Bertz CT molecular complexity index is 1760. The van der Waals surface area contributed by atoms with E-state index in [9.17, 15) is 48.0 Å². The number of nitrogens with one attached hydrogen (secondary N) is 1. The first-order valence-corrected chi connectivity index (χ1v) is 17.6. The standard InChI is InChI=1S/C31H32F6N2O6S2/c1-18-3-14-25-26(29(40)45-28(25)27-19(2)4-13-24(18)27)17-39(47(43,44)23-11-7-21(8-12-23)31(35,36)37)16-15-38-46(41,42)22-9-5-20(6-10-22)30(32,33)34/h5-12,24-28,38H,1-4,13-17H2/t24-,25-,26?,27-,28-/m0/s1. The predicted octanol–water partition coefficient (Wildman–Crippen LogP) is 5.78. The van der Waals surface area contributed by atoms with Crippen LogP contribution in [0.1, 0.15) is 36.8 Å². The summed E-state index contributed by atoms with van der Waals surface area (Å²) in [6.45, 7) is 6.77. The maximum atomic E-state index is 13.8. The number of sulfonamides is 2. The van der Waals surface area contributed by atoms with Crippen molar-refractivity contribution in [1.82, 2.24) is 9.03 Å². The summed E-state index contributed by atoms with van der Waals surface area (Å²) < 4.78 is 141. The molecule has 256 valence electrons. The molecule has 2 saturated carbocycles. The molecule has 3 aliphatic rings. The fourth-order valence-corrected chi connectivity index (χ4v) is 9.25. The average molecular weight is 707 g/mol. The zero-order valence-electron chi connectivity index (χ0n) is 24.9. The van der Waals surface area contributed by atoms with Gasteiger partial charge in [0.05, 0.1) is 26.8 Å². The number of benzene rings is 2. The number of rotatable bonds is 9. The second-order valence-corrected chi connectivity index (χ2v) is 15.7. The third-order valence-corrected chi connectivity index (χ3v) is 12.6. The summed E-state index contributed by atoms with van der Waals surface area (Å²) in [4.78, 5) is 12.3. The highest BCUT2D eigenvalue weighted by atomic mass is 32.2. The molecule has 1 unspecified atom stereocenters. The molecule has 3 fully saturated rings. The van der Waals surface area contributed by atoms with E-state index in [1.165, 1.54) is 0 Å². The first-order chi connectivity index (χ1) is 21.8. The van der Waals surface area contributed by atoms with Gasteiger partial charge in [0.25, 0.3) is 0 Å². The van der Waals surface area contributed by atoms with Crippen molar-refractivity contribution in [3.05, 3.63) is 84.0 Å². The van der Waals surface area contributed by atoms with Crippen molar-refractivity contribution >= 4 is 26.0 Å². The van der Waals surface area contributed by atoms with Crippen LogP contribution in [0.25, 0.3) is 0 Å². The fourth-order valence-electron chi connectivity index (χ4n) is 6.76. The number of hydrogen-bond donors (Lipinski definition) is 1. The fraction of sp³-hybridized carbons (Fsp3) is 0.452. The molecule has 2 aromatic rings. The summed E-state index contributed by atoms with van der Waals surface area (Å²) >= 11 is 0. The predicted molar refractivity (Wildman–Crippen MR) is 157 cm³/mol. The number of ether oxygens (including phenoxy) is 1. The van der Waals surface area contributed by atoms with Crippen LogP contribution >= 0.6 is 0 Å². The number of hydrogen-bond acceptors (Lipinski definition) is 6. The molecule has 16 heteroatoms. The highest BCUT2D eigenvalue weighted by Crippen LogP contribution is 2.52. The third kappa shape index (κ3) is 7.15. The Morgan fingerprint density at radius 3 is 1.89 bits per heavy atom. The summed E-state index contributed by atoms with van der Waals surface area (Å²) in [7, 11) is -9.01. The number of allylic oxidation sites excluding steroid dienone is 1. The van der Waals surface area contributed by atoms with Crippen LogP contribution in [0, 0.1) is 23.7 Å². The van der Waals surface area contributed by atoms with Gasteiger partial charge in [-0.3, -0.25) is 4.79 Å². The molecule has 0 spiro atoms. The van der Waals surface area contributed by atoms with Crippen LogP contribution in [0.15, 0.2) is 82.6 Å². The Balaban J connectivity index is 1.41. The Kier molecular flexibility index (Phi) is 9.47. The highest BCUT2D eigenvalue weighted by Gasteiger charge is 2.54. The summed E-state index contributed by atoms with van der Waals surface area (Å²) in [5.41, 5.74) is -0.251. The average Bonchev–Trinajstić information content (AvgIpc) is 3.48. The molecular formula is C31H32F6N2O6S2. The molecule has 5 rings (SSSR count). The van der Waals surface area contributed by atoms with E-state index in [1.54, 1.807) is 0 Å². The summed E-state index contributed by atoms with van der Waals surface area (Å²) in [5.74, 6) is -2.17. The van der Waals surface area contributed by atoms with E-state index >= 15 is 0 Å². The largest absolute Gasteiger partial charge is 0.461 e. The minimum absolute atomic E-state index is 0.0654. The number of carbonyl (C=O) groups is 1. The van der Waals surface area contributed by atoms with Crippen molar-refractivity contribution in [2.75, 3.05) is 19.6 Å². The first kappa shape index (κ1) is 35.1. The first-order valence-electron chi connectivity index (χ1n) is 14.7. The van der Waals surface area contributed by atoms with E-state index in [0.717, 1.165) is 52.6 Å². The molecule has 1 saturated heterocycles. The molecule has 1 heterocycles. The quantitative estimate of drug-likeness (QED) is 0.201. The lowest BCUT2D eigenvalue weighted by Crippen LogP contribution is -2.43. The second kappa shape index (κ2) is 12.7. The van der Waals surface area contributed by atoms with E-state index in [1.807, 2.05) is 0 Å². The van der Waals surface area contributed by atoms with Gasteiger partial charge in [0.1, 0.15) is 6.10 Å². The SMILES string of the molecule is C=C1CC[C@H]2C(=C)CC[C@H]3C(CN(CCNS(=O)(=O)c4ccc(C(F)(F)F)cc4)S(=O)(=O)c4ccc(C(F)(F)F)cc4)C(=O)O[C@@H]3[C@@H]12. The van der Waals surface area contributed by atoms with Gasteiger partial charge in [0.15, 0.2) is 0 Å². The third-order valence-electron chi connectivity index (χ3n) is 9.22. The normalized spacial score (nSPS) is 25.4. The van der Waals surface area contributed by atoms with Crippen LogP contribution in [-0.2, 0) is 41.9 Å². The van der Waals surface area contributed by atoms with Crippen molar-refractivity contribution in [3.8, 4) is 0 Å². The van der Waals surface area contributed by atoms with Gasteiger partial charge < -0.3 is 4.74 Å². The van der Waals surface area contributed by atoms with Gasteiger partial charge >= 0.3 is 18.3 Å². The molecule has 2 aliphatic carbocycles. The molecule has 1 N–H and O–H groups in total. The number of halogens is 6. The van der Waals surface area contributed by atoms with Gasteiger partial charge in [-0.2, -0.15) is 30.6 Å². The van der Waals surface area contributed by atoms with E-state index < -0.39 is 96.9 Å². The van der Waals surface area contributed by atoms with Gasteiger partial charge in [-0.1, -0.05) is 24.3 Å². The molecule has 0 bridgehead atoms. The smallest absolute Gasteiger partial charge is 0.416 e. The topological polar surface area (TPSA) is 110 Å². The van der Waals surface area contributed by atoms with E-state index in [-0.39, 0.29) is 11.8 Å². The minimum Gasteiger partial charge on any atom is -0.461 e. The summed E-state index contributed by atoms with van der Waals surface area (Å²) in [6.07, 6.45) is -7.42. The second-order valence-electron chi connectivity index (χ2n) is 12.0. The van der Waals surface area contributed by atoms with Crippen LogP contribution in [0.3, 0.4) is 0 Å². The summed E-state index contributed by atoms with van der Waals surface area (Å²) in [6, 6.07) is 5.42. The van der Waals surface area contributed by atoms with Crippen LogP contribution < -0.4 is 4.72 Å². The molecule has 5 atom stereocenters. The monoisotopic (exact) mass is 706 g/mol. The van der Waals surface area contributed by atoms with E-state index in [0.29, 0.717) is 37.1 Å². The summed E-state index contributed by atoms with van der Waals surface area (Å²) in [5, 5.41) is 0. The van der Waals surface area contributed by atoms with Gasteiger partial charge in [0.2, 0.25) is 20.0 Å². The Hall–Kier alpha value is -3.21. The number of alkyl halides is 6. The van der Waals surface area contributed by atoms with Crippen LogP contribution in [0.2, 0.25) is 0 Å². The lowest BCUT2D eigenvalue weighted by Gasteiger charge is -2.29. The maximum Gasteiger partial charge on any atom is 0.416 e. The Morgan fingerprint density at radius 2 is 1.34 bits per heavy atom. The number of fused-ring (bicyclic) bond motifs is 3. The molecule has 0 radical (unpaired) electrons. The molecule has 8 nitrogen and oxygen atoms in total. The molecule has 1 aliphatic heterocycles. The van der Waals surface area contributed by atoms with Crippen molar-refractivity contribution in [2.45, 2.75) is 53.9 Å². The van der Waals surface area contributed by atoms with Crippen molar-refractivity contribution in [2.24, 2.45) is 23.7 Å². The van der Waals surface area contributed by atoms with Crippen molar-refractivity contribution < 1.29 is 52.7 Å². The molecule has 47 heavy (non-hydrogen) atoms. The number of nitrogens with zero attached hydrogens (tertiary/aromatic N) is 1. The lowest BCUT2D eigenvalue weighted by molar-refractivity contribution is -0.146. The maximum absolute atomic E-state index is 13.8. The number of esters is 1. The zero-order valence-corrected chi connectivity index (χ0v) is 26.5. The highest BCUT2D eigenvalue weighted by molar-refractivity contribution is 7.89. The van der Waals surface area contributed by atoms with Crippen molar-refractivity contribution in [3.63, 3.8) is 0 Å². The van der Waals surface area contributed by atoms with Crippen LogP contribution in [0.5, 0.6) is 0 Å². The Morgan fingerprint density at radius 1 is 0.809 bits per heavy atom. The van der Waals surface area contributed by atoms with Crippen LogP contribution in [0.4, 0.5) is 26.3 Å². The minimum atomic E-state index is -4.73. The van der Waals surface area contributed by atoms with Gasteiger partial charge in [-0.15, -0.1) is 0 Å². The zero-order chi connectivity index (χ0) is 34.5. The number of carbonyl (C=O) groups excluding carboxylic acids is 1. The molecule has 0 aromatic heterocycles. The molecule has 0 amide bonds. The van der Waals surface area contributed by atoms with E-state index in [2.05, 4.69) is 17.9 Å². The molecule has 2 aromatic carbocycles. The molecular weight excluding hydrogens is 674 g/mol. The van der Waals surface area contributed by atoms with E-state index in [4.69, 9.17) is 4.74 Å². The van der Waals surface area contributed by atoms with Crippen LogP contribution in [-0.4, -0.2) is 52.8 Å². The lowest BCUT2D eigenvalue weighted by atomic mass is 9.79. The van der Waals surface area contributed by atoms with Gasteiger partial charge in [0, 0.05) is 31.5 Å². The Labute approximate surface area is 268 Å². The van der Waals surface area contributed by atoms with Gasteiger partial charge in [-0.25, -0.2) is 21.6 Å². The van der Waals surface area contributed by atoms with Gasteiger partial charge in [-0.05, 0) is 80.1 Å². The van der Waals surface area contributed by atoms with Crippen molar-refractivity contribution in [1.29, 1.82) is 0 Å².